The molecule has 2 aromatic carbocycles. The molecule has 0 aliphatic rings. The highest BCUT2D eigenvalue weighted by Crippen LogP contribution is 2.20. The summed E-state index contributed by atoms with van der Waals surface area (Å²) in [6.07, 6.45) is 4.70. The second kappa shape index (κ2) is 13.9. The second-order valence-electron chi connectivity index (χ2n) is 11.0. The lowest BCUT2D eigenvalue weighted by atomic mass is 9.99. The lowest BCUT2D eigenvalue weighted by Crippen LogP contribution is -2.49. The van der Waals surface area contributed by atoms with Crippen LogP contribution in [0, 0.1) is 6.92 Å². The van der Waals surface area contributed by atoms with Gasteiger partial charge in [0, 0.05) is 38.0 Å². The van der Waals surface area contributed by atoms with Gasteiger partial charge in [0.1, 0.15) is 6.26 Å². The minimum Gasteiger partial charge on any atom is -0.447 e. The zero-order valence-corrected chi connectivity index (χ0v) is 24.8. The monoisotopic (exact) mass is 569 g/mol. The van der Waals surface area contributed by atoms with Crippen LogP contribution >= 0.6 is 0 Å². The summed E-state index contributed by atoms with van der Waals surface area (Å²) in [5.74, 6) is 0.128. The summed E-state index contributed by atoms with van der Waals surface area (Å²) in [6, 6.07) is 17.8. The minimum atomic E-state index is -0.887. The van der Waals surface area contributed by atoms with Gasteiger partial charge in [-0.2, -0.15) is 0 Å². The third-order valence-corrected chi connectivity index (χ3v) is 7.15. The number of aryl methyl sites for hydroxylation is 1. The highest BCUT2D eigenvalue weighted by atomic mass is 16.3. The molecule has 2 atom stereocenters. The number of hydrogen-bond acceptors (Lipinski definition) is 7. The van der Waals surface area contributed by atoms with Gasteiger partial charge in [-0.1, -0.05) is 50.2 Å². The Morgan fingerprint density at radius 3 is 2.43 bits per heavy atom. The molecular formula is C33H39N5O4. The third-order valence-electron chi connectivity index (χ3n) is 7.15. The molecule has 0 bridgehead atoms. The van der Waals surface area contributed by atoms with E-state index in [9.17, 15) is 14.7 Å². The van der Waals surface area contributed by atoms with Crippen LogP contribution in [-0.4, -0.2) is 64.6 Å². The highest BCUT2D eigenvalue weighted by Gasteiger charge is 2.25. The van der Waals surface area contributed by atoms with E-state index in [0.717, 1.165) is 22.5 Å². The summed E-state index contributed by atoms with van der Waals surface area (Å²) in [4.78, 5) is 38.6. The first-order valence-corrected chi connectivity index (χ1v) is 14.1. The van der Waals surface area contributed by atoms with Crippen LogP contribution in [0.5, 0.6) is 0 Å². The van der Waals surface area contributed by atoms with Gasteiger partial charge in [-0.15, -0.1) is 0 Å². The summed E-state index contributed by atoms with van der Waals surface area (Å²) in [6.45, 7) is 6.53. The van der Waals surface area contributed by atoms with Crippen LogP contribution in [0.2, 0.25) is 0 Å². The topological polar surface area (TPSA) is 112 Å². The molecule has 220 valence electrons. The number of nitrogens with zero attached hydrogens (tertiary/aromatic N) is 4. The molecule has 0 unspecified atom stereocenters. The Bertz CT molecular complexity index is 1490. The van der Waals surface area contributed by atoms with Crippen molar-refractivity contribution >= 4 is 17.5 Å². The Balaban J connectivity index is 1.49. The van der Waals surface area contributed by atoms with E-state index in [-0.39, 0.29) is 24.9 Å². The maximum atomic E-state index is 13.5. The van der Waals surface area contributed by atoms with Crippen molar-refractivity contribution in [2.24, 2.45) is 0 Å². The van der Waals surface area contributed by atoms with Crippen molar-refractivity contribution in [3.05, 3.63) is 113 Å². The van der Waals surface area contributed by atoms with E-state index in [1.54, 1.807) is 37.5 Å². The number of anilines is 1. The van der Waals surface area contributed by atoms with Crippen molar-refractivity contribution in [3.63, 3.8) is 0 Å². The van der Waals surface area contributed by atoms with Crippen LogP contribution in [0.15, 0.2) is 83.7 Å². The number of pyridine rings is 1. The molecule has 0 aliphatic carbocycles. The van der Waals surface area contributed by atoms with E-state index in [1.807, 2.05) is 55.4 Å². The molecule has 0 radical (unpaired) electrons. The van der Waals surface area contributed by atoms with E-state index >= 15 is 0 Å². The van der Waals surface area contributed by atoms with Gasteiger partial charge in [0.2, 0.25) is 5.89 Å². The average Bonchev–Trinajstić information content (AvgIpc) is 3.40. The van der Waals surface area contributed by atoms with E-state index in [2.05, 4.69) is 35.2 Å². The minimum absolute atomic E-state index is 0.206. The predicted molar refractivity (Wildman–Crippen MR) is 162 cm³/mol. The molecular weight excluding hydrogens is 530 g/mol. The predicted octanol–water partition coefficient (Wildman–Crippen LogP) is 4.61. The number of carbonyl (C=O) groups excluding carboxylic acids is 2. The van der Waals surface area contributed by atoms with Crippen molar-refractivity contribution in [2.75, 3.05) is 25.5 Å². The first kappa shape index (κ1) is 30.5. The van der Waals surface area contributed by atoms with Crippen LogP contribution < -0.4 is 10.2 Å². The number of nitrogens with one attached hydrogen (secondary N) is 1. The molecule has 9 heteroatoms. The maximum Gasteiger partial charge on any atom is 0.254 e. The molecule has 9 nitrogen and oxygen atoms in total. The van der Waals surface area contributed by atoms with Gasteiger partial charge < -0.3 is 24.6 Å². The van der Waals surface area contributed by atoms with Crippen LogP contribution in [0.3, 0.4) is 0 Å². The fraction of sp³-hybridized carbons (Fsp3) is 0.333. The van der Waals surface area contributed by atoms with Gasteiger partial charge >= 0.3 is 0 Å². The first-order chi connectivity index (χ1) is 20.1. The van der Waals surface area contributed by atoms with Gasteiger partial charge in [-0.25, -0.2) is 4.98 Å². The SMILES string of the molecule is Cc1coc(CN(C)C(=O)c2cccc(C(=O)N[C@@H](Cc3ccccc3)[C@H](O)CN(C)c3cncc(C(C)C)c3)c2)n1. The number of amides is 2. The first-order valence-electron chi connectivity index (χ1n) is 14.1. The fourth-order valence-electron chi connectivity index (χ4n) is 4.65. The van der Waals surface area contributed by atoms with E-state index < -0.39 is 12.1 Å². The Morgan fingerprint density at radius 2 is 1.74 bits per heavy atom. The van der Waals surface area contributed by atoms with Gasteiger partial charge in [-0.05, 0) is 54.7 Å². The highest BCUT2D eigenvalue weighted by molar-refractivity contribution is 5.99. The number of carbonyl (C=O) groups is 2. The molecule has 2 heterocycles. The maximum absolute atomic E-state index is 13.5. The van der Waals surface area contributed by atoms with Crippen molar-refractivity contribution in [1.29, 1.82) is 0 Å². The number of aliphatic hydroxyl groups is 1. The summed E-state index contributed by atoms with van der Waals surface area (Å²) in [5, 5.41) is 14.4. The Kier molecular flexibility index (Phi) is 10.1. The zero-order chi connectivity index (χ0) is 30.2. The molecule has 0 fully saturated rings. The molecule has 0 spiro atoms. The number of hydrogen-bond donors (Lipinski definition) is 2. The van der Waals surface area contributed by atoms with E-state index in [4.69, 9.17) is 4.42 Å². The quantitative estimate of drug-likeness (QED) is 0.256. The van der Waals surface area contributed by atoms with Gasteiger partial charge in [0.15, 0.2) is 0 Å². The van der Waals surface area contributed by atoms with Crippen LogP contribution in [-0.2, 0) is 13.0 Å². The molecule has 42 heavy (non-hydrogen) atoms. The number of oxazole rings is 1. The Labute approximate surface area is 247 Å². The molecule has 4 rings (SSSR count). The van der Waals surface area contributed by atoms with Gasteiger partial charge in [0.05, 0.1) is 36.3 Å². The number of rotatable bonds is 12. The lowest BCUT2D eigenvalue weighted by Gasteiger charge is -2.29. The van der Waals surface area contributed by atoms with Crippen LogP contribution in [0.4, 0.5) is 5.69 Å². The van der Waals surface area contributed by atoms with Crippen molar-refractivity contribution in [1.82, 2.24) is 20.2 Å². The fourth-order valence-corrected chi connectivity index (χ4v) is 4.65. The summed E-state index contributed by atoms with van der Waals surface area (Å²) < 4.78 is 5.37. The molecule has 2 N–H and O–H groups in total. The lowest BCUT2D eigenvalue weighted by molar-refractivity contribution is 0.0772. The largest absolute Gasteiger partial charge is 0.447 e. The molecule has 0 saturated carbocycles. The van der Waals surface area contributed by atoms with Crippen LogP contribution in [0.25, 0.3) is 0 Å². The standard InChI is InChI=1S/C33H39N5O4/c1-22(2)27-16-28(18-34-17-27)37(4)19-30(39)29(14-24-10-7-6-8-11-24)36-32(40)25-12-9-13-26(15-25)33(41)38(5)20-31-35-23(3)21-42-31/h6-13,15-18,21-22,29-30,39H,14,19-20H2,1-5H3,(H,36,40)/t29-,30+/m0/s1. The molecule has 2 amide bonds. The second-order valence-corrected chi connectivity index (χ2v) is 11.0. The summed E-state index contributed by atoms with van der Waals surface area (Å²) in [7, 11) is 3.56. The van der Waals surface area contributed by atoms with Crippen LogP contribution in [0.1, 0.15) is 63.2 Å². The third kappa shape index (κ3) is 8.04. The Hall–Kier alpha value is -4.50. The zero-order valence-electron chi connectivity index (χ0n) is 24.8. The summed E-state index contributed by atoms with van der Waals surface area (Å²) >= 11 is 0. The molecule has 2 aromatic heterocycles. The number of likely N-dealkylation sites (N-methyl/N-ethyl adjacent to an activating group) is 1. The number of aliphatic hydroxyl groups excluding tert-OH is 1. The van der Waals surface area contributed by atoms with Crippen molar-refractivity contribution < 1.29 is 19.1 Å². The normalized spacial score (nSPS) is 12.5. The Morgan fingerprint density at radius 1 is 1.00 bits per heavy atom. The molecule has 4 aromatic rings. The van der Waals surface area contributed by atoms with Gasteiger partial charge in [0.25, 0.3) is 11.8 Å². The molecule has 0 saturated heterocycles. The number of aromatic nitrogens is 2. The molecule has 0 aliphatic heterocycles. The average molecular weight is 570 g/mol. The summed E-state index contributed by atoms with van der Waals surface area (Å²) in [5.41, 5.74) is 4.42. The van der Waals surface area contributed by atoms with Crippen molar-refractivity contribution in [3.8, 4) is 0 Å². The van der Waals surface area contributed by atoms with Gasteiger partial charge in [-0.3, -0.25) is 14.6 Å². The van der Waals surface area contributed by atoms with E-state index in [0.29, 0.717) is 29.4 Å². The number of benzene rings is 2. The van der Waals surface area contributed by atoms with Crippen molar-refractivity contribution in [2.45, 2.75) is 51.8 Å². The smallest absolute Gasteiger partial charge is 0.254 e. The van der Waals surface area contributed by atoms with E-state index in [1.165, 1.54) is 11.2 Å².